The second-order valence-electron chi connectivity index (χ2n) is 3.56. The number of benzene rings is 1. The number of sulfone groups is 1. The Bertz CT molecular complexity index is 518. The van der Waals surface area contributed by atoms with E-state index in [9.17, 15) is 8.42 Å². The summed E-state index contributed by atoms with van der Waals surface area (Å²) in [6.45, 7) is 3.31. The summed E-state index contributed by atoms with van der Waals surface area (Å²) < 4.78 is 23.5. The lowest BCUT2D eigenvalue weighted by Crippen LogP contribution is -1.95. The molecule has 1 aromatic carbocycles. The average molecular weight is 238 g/mol. The second kappa shape index (κ2) is 5.12. The molecule has 16 heavy (non-hydrogen) atoms. The molecule has 86 valence electrons. The lowest BCUT2D eigenvalue weighted by molar-refractivity contribution is 0.331. The molecule has 0 saturated carbocycles. The minimum Gasteiger partial charge on any atom is -0.391 e. The first-order valence-corrected chi connectivity index (χ1v) is 6.35. The van der Waals surface area contributed by atoms with Gasteiger partial charge in [0, 0.05) is 0 Å². The van der Waals surface area contributed by atoms with Gasteiger partial charge in [0.2, 0.25) is 9.84 Å². The van der Waals surface area contributed by atoms with Crippen LogP contribution in [0.2, 0.25) is 0 Å². The Kier molecular flexibility index (Phi) is 4.07. The quantitative estimate of drug-likeness (QED) is 0.817. The van der Waals surface area contributed by atoms with Crippen molar-refractivity contribution in [1.29, 1.82) is 0 Å². The molecule has 0 amide bonds. The Balaban J connectivity index is 3.13. The third-order valence-electron chi connectivity index (χ3n) is 2.05. The van der Waals surface area contributed by atoms with Crippen LogP contribution in [-0.2, 0) is 9.84 Å². The molecule has 0 heterocycles. The van der Waals surface area contributed by atoms with E-state index < -0.39 is 9.84 Å². The van der Waals surface area contributed by atoms with Crippen molar-refractivity contribution < 1.29 is 13.5 Å². The molecule has 0 bridgehead atoms. The van der Waals surface area contributed by atoms with Crippen LogP contribution in [0.4, 0.5) is 0 Å². The molecule has 0 radical (unpaired) electrons. The number of rotatable bonds is 3. The second-order valence-corrected chi connectivity index (χ2v) is 5.36. The SMILES string of the molecule is CC(=C=CS(=O)(=O)c1ccc(C)cc1)CO. The van der Waals surface area contributed by atoms with E-state index in [0.717, 1.165) is 11.0 Å². The van der Waals surface area contributed by atoms with E-state index >= 15 is 0 Å². The van der Waals surface area contributed by atoms with E-state index in [1.54, 1.807) is 31.2 Å². The topological polar surface area (TPSA) is 54.4 Å². The highest BCUT2D eigenvalue weighted by Crippen LogP contribution is 2.12. The molecule has 0 aliphatic carbocycles. The zero-order valence-electron chi connectivity index (χ0n) is 9.27. The molecule has 0 spiro atoms. The molecule has 0 aliphatic heterocycles. The zero-order valence-corrected chi connectivity index (χ0v) is 10.1. The fourth-order valence-electron chi connectivity index (χ4n) is 1.02. The van der Waals surface area contributed by atoms with Gasteiger partial charge in [-0.15, -0.1) is 5.73 Å². The highest BCUT2D eigenvalue weighted by atomic mass is 32.2. The van der Waals surface area contributed by atoms with Crippen LogP contribution < -0.4 is 0 Å². The van der Waals surface area contributed by atoms with Gasteiger partial charge < -0.3 is 5.11 Å². The Hall–Kier alpha value is -1.35. The Morgan fingerprint density at radius 2 is 1.94 bits per heavy atom. The normalized spacial score (nSPS) is 10.7. The molecule has 0 aliphatic rings. The largest absolute Gasteiger partial charge is 0.391 e. The Morgan fingerprint density at radius 1 is 1.38 bits per heavy atom. The number of hydrogen-bond donors (Lipinski definition) is 1. The van der Waals surface area contributed by atoms with E-state index in [0.29, 0.717) is 5.57 Å². The van der Waals surface area contributed by atoms with Gasteiger partial charge in [-0.3, -0.25) is 0 Å². The Labute approximate surface area is 95.7 Å². The summed E-state index contributed by atoms with van der Waals surface area (Å²) in [6.07, 6.45) is 0. The van der Waals surface area contributed by atoms with Crippen molar-refractivity contribution in [3.8, 4) is 0 Å². The van der Waals surface area contributed by atoms with Crippen LogP contribution in [0, 0.1) is 6.92 Å². The molecule has 0 fully saturated rings. The molecule has 0 aromatic heterocycles. The minimum atomic E-state index is -3.45. The molecule has 0 unspecified atom stereocenters. The van der Waals surface area contributed by atoms with E-state index in [-0.39, 0.29) is 11.5 Å². The molecule has 0 saturated heterocycles. The summed E-state index contributed by atoms with van der Waals surface area (Å²) in [6, 6.07) is 6.58. The standard InChI is InChI=1S/C12H14O3S/c1-10-3-5-12(6-4-10)16(14,15)8-7-11(2)9-13/h3-6,8,13H,9H2,1-2H3. The van der Waals surface area contributed by atoms with E-state index in [1.807, 2.05) is 6.92 Å². The van der Waals surface area contributed by atoms with Crippen molar-refractivity contribution in [1.82, 2.24) is 0 Å². The molecular weight excluding hydrogens is 224 g/mol. The van der Waals surface area contributed by atoms with Crippen LogP contribution >= 0.6 is 0 Å². The first-order chi connectivity index (χ1) is 7.45. The third kappa shape index (κ3) is 3.35. The Morgan fingerprint density at radius 3 is 2.44 bits per heavy atom. The van der Waals surface area contributed by atoms with Crippen LogP contribution in [-0.4, -0.2) is 20.1 Å². The predicted octanol–water partition coefficient (Wildman–Crippen LogP) is 1.82. The third-order valence-corrected chi connectivity index (χ3v) is 3.40. The maximum atomic E-state index is 11.8. The smallest absolute Gasteiger partial charge is 0.207 e. The van der Waals surface area contributed by atoms with Crippen molar-refractivity contribution in [2.75, 3.05) is 6.61 Å². The average Bonchev–Trinajstić information content (AvgIpc) is 2.26. The summed E-state index contributed by atoms with van der Waals surface area (Å²) in [5.74, 6) is 0. The van der Waals surface area contributed by atoms with Crippen LogP contribution in [0.25, 0.3) is 0 Å². The predicted molar refractivity (Wildman–Crippen MR) is 62.7 cm³/mol. The maximum Gasteiger partial charge on any atom is 0.207 e. The van der Waals surface area contributed by atoms with Crippen molar-refractivity contribution in [2.45, 2.75) is 18.7 Å². The summed E-state index contributed by atoms with van der Waals surface area (Å²) in [7, 11) is -3.45. The van der Waals surface area contributed by atoms with Crippen molar-refractivity contribution >= 4 is 9.84 Å². The van der Waals surface area contributed by atoms with Gasteiger partial charge in [-0.25, -0.2) is 8.42 Å². The lowest BCUT2D eigenvalue weighted by atomic mass is 10.2. The minimum absolute atomic E-state index is 0.195. The van der Waals surface area contributed by atoms with Gasteiger partial charge >= 0.3 is 0 Å². The van der Waals surface area contributed by atoms with E-state index in [2.05, 4.69) is 5.73 Å². The van der Waals surface area contributed by atoms with Gasteiger partial charge in [-0.1, -0.05) is 17.7 Å². The number of aliphatic hydroxyl groups excluding tert-OH is 1. The number of hydrogen-bond acceptors (Lipinski definition) is 3. The monoisotopic (exact) mass is 238 g/mol. The van der Waals surface area contributed by atoms with E-state index in [1.165, 1.54) is 0 Å². The van der Waals surface area contributed by atoms with Gasteiger partial charge in [0.05, 0.1) is 16.9 Å². The summed E-state index contributed by atoms with van der Waals surface area (Å²) in [5.41, 5.74) is 4.03. The van der Waals surface area contributed by atoms with Gasteiger partial charge in [0.25, 0.3) is 0 Å². The first-order valence-electron chi connectivity index (χ1n) is 4.80. The van der Waals surface area contributed by atoms with Crippen molar-refractivity contribution in [3.05, 3.63) is 46.5 Å². The molecule has 1 aromatic rings. The molecule has 1 rings (SSSR count). The lowest BCUT2D eigenvalue weighted by Gasteiger charge is -1.98. The highest BCUT2D eigenvalue weighted by Gasteiger charge is 2.08. The van der Waals surface area contributed by atoms with E-state index in [4.69, 9.17) is 5.11 Å². The highest BCUT2D eigenvalue weighted by molar-refractivity contribution is 7.94. The number of aliphatic hydroxyl groups is 1. The maximum absolute atomic E-state index is 11.8. The van der Waals surface area contributed by atoms with Crippen LogP contribution in [0.15, 0.2) is 45.9 Å². The molecular formula is C12H14O3S. The van der Waals surface area contributed by atoms with Gasteiger partial charge in [-0.2, -0.15) is 0 Å². The van der Waals surface area contributed by atoms with Crippen LogP contribution in [0.3, 0.4) is 0 Å². The van der Waals surface area contributed by atoms with Gasteiger partial charge in [0.1, 0.15) is 0 Å². The summed E-state index contributed by atoms with van der Waals surface area (Å²) in [5, 5.41) is 9.71. The molecule has 1 N–H and O–H groups in total. The summed E-state index contributed by atoms with van der Waals surface area (Å²) >= 11 is 0. The fourth-order valence-corrected chi connectivity index (χ4v) is 2.03. The van der Waals surface area contributed by atoms with Crippen LogP contribution in [0.1, 0.15) is 12.5 Å². The van der Waals surface area contributed by atoms with Crippen LogP contribution in [0.5, 0.6) is 0 Å². The van der Waals surface area contributed by atoms with Gasteiger partial charge in [-0.05, 0) is 31.6 Å². The first kappa shape index (κ1) is 12.7. The molecule has 0 atom stereocenters. The van der Waals surface area contributed by atoms with Gasteiger partial charge in [0.15, 0.2) is 0 Å². The van der Waals surface area contributed by atoms with Crippen molar-refractivity contribution in [3.63, 3.8) is 0 Å². The molecule has 4 heteroatoms. The zero-order chi connectivity index (χ0) is 12.2. The fraction of sp³-hybridized carbons (Fsp3) is 0.250. The van der Waals surface area contributed by atoms with Crippen molar-refractivity contribution in [2.24, 2.45) is 0 Å². The number of aryl methyl sites for hydroxylation is 1. The molecule has 3 nitrogen and oxygen atoms in total. The summed E-state index contributed by atoms with van der Waals surface area (Å²) in [4.78, 5) is 0.233.